The number of methoxy groups -OCH3 is 2. The van der Waals surface area contributed by atoms with Crippen molar-refractivity contribution in [1.29, 1.82) is 0 Å². The van der Waals surface area contributed by atoms with Gasteiger partial charge in [-0.3, -0.25) is 9.59 Å². The number of ether oxygens (including phenoxy) is 2. The maximum atomic E-state index is 12.3. The van der Waals surface area contributed by atoms with Gasteiger partial charge in [-0.15, -0.1) is 0 Å². The molecule has 0 aliphatic rings. The highest BCUT2D eigenvalue weighted by Crippen LogP contribution is 2.27. The number of para-hydroxylation sites is 1. The Kier molecular flexibility index (Phi) is 7.87. The minimum Gasteiger partial charge on any atom is -0.493 e. The first kappa shape index (κ1) is 21.3. The number of hydrogen-bond acceptors (Lipinski definition) is 4. The fraction of sp³-hybridized carbons (Fsp3) is 0.364. The monoisotopic (exact) mass is 384 g/mol. The van der Waals surface area contributed by atoms with E-state index in [2.05, 4.69) is 10.6 Å². The van der Waals surface area contributed by atoms with Crippen LogP contribution in [-0.4, -0.2) is 26.0 Å². The van der Waals surface area contributed by atoms with E-state index in [1.165, 1.54) is 0 Å². The van der Waals surface area contributed by atoms with E-state index in [1.54, 1.807) is 26.4 Å². The Labute approximate surface area is 166 Å². The molecule has 0 atom stereocenters. The van der Waals surface area contributed by atoms with Gasteiger partial charge in [-0.1, -0.05) is 38.1 Å². The van der Waals surface area contributed by atoms with Gasteiger partial charge in [0.15, 0.2) is 11.5 Å². The molecule has 0 fully saturated rings. The van der Waals surface area contributed by atoms with E-state index < -0.39 is 0 Å². The zero-order chi connectivity index (χ0) is 20.5. The summed E-state index contributed by atoms with van der Waals surface area (Å²) in [6.07, 6.45) is 1.40. The SMILES string of the molecule is CCc1cccc(CC)c1NC(=O)CC(=O)NCc1ccc(OC)c(OC)c1. The van der Waals surface area contributed by atoms with Crippen molar-refractivity contribution in [1.82, 2.24) is 5.32 Å². The van der Waals surface area contributed by atoms with Gasteiger partial charge in [-0.25, -0.2) is 0 Å². The molecule has 28 heavy (non-hydrogen) atoms. The van der Waals surface area contributed by atoms with Crippen molar-refractivity contribution in [3.63, 3.8) is 0 Å². The van der Waals surface area contributed by atoms with Crippen LogP contribution in [0.1, 0.15) is 37.0 Å². The molecule has 0 aromatic heterocycles. The summed E-state index contributed by atoms with van der Waals surface area (Å²) < 4.78 is 10.5. The number of benzene rings is 2. The molecule has 0 aliphatic heterocycles. The topological polar surface area (TPSA) is 76.7 Å². The van der Waals surface area contributed by atoms with Crippen LogP contribution in [0, 0.1) is 0 Å². The average Bonchev–Trinajstić information content (AvgIpc) is 2.71. The molecule has 0 heterocycles. The molecular weight excluding hydrogens is 356 g/mol. The van der Waals surface area contributed by atoms with Crippen LogP contribution in [0.15, 0.2) is 36.4 Å². The number of nitrogens with one attached hydrogen (secondary N) is 2. The molecule has 0 bridgehead atoms. The van der Waals surface area contributed by atoms with Crippen LogP contribution in [0.3, 0.4) is 0 Å². The number of aryl methyl sites for hydroxylation is 2. The number of carbonyl (C=O) groups is 2. The van der Waals surface area contributed by atoms with Crippen LogP contribution in [0.5, 0.6) is 11.5 Å². The minimum absolute atomic E-state index is 0.228. The summed E-state index contributed by atoms with van der Waals surface area (Å²) in [5, 5.41) is 5.67. The lowest BCUT2D eigenvalue weighted by atomic mass is 10.0. The molecule has 0 saturated carbocycles. The van der Waals surface area contributed by atoms with Crippen LogP contribution in [0.25, 0.3) is 0 Å². The van der Waals surface area contributed by atoms with Crippen LogP contribution in [0.4, 0.5) is 5.69 Å². The first-order valence-electron chi connectivity index (χ1n) is 9.40. The predicted molar refractivity (Wildman–Crippen MR) is 110 cm³/mol. The van der Waals surface area contributed by atoms with Crippen molar-refractivity contribution in [2.24, 2.45) is 0 Å². The summed E-state index contributed by atoms with van der Waals surface area (Å²) in [7, 11) is 3.13. The van der Waals surface area contributed by atoms with E-state index in [9.17, 15) is 9.59 Å². The summed E-state index contributed by atoms with van der Waals surface area (Å²) >= 11 is 0. The Hall–Kier alpha value is -3.02. The Morgan fingerprint density at radius 2 is 1.54 bits per heavy atom. The fourth-order valence-corrected chi connectivity index (χ4v) is 2.99. The highest BCUT2D eigenvalue weighted by Gasteiger charge is 2.14. The molecule has 2 aromatic carbocycles. The molecule has 2 N–H and O–H groups in total. The summed E-state index contributed by atoms with van der Waals surface area (Å²) in [6, 6.07) is 11.4. The number of amides is 2. The Morgan fingerprint density at radius 1 is 0.893 bits per heavy atom. The van der Waals surface area contributed by atoms with E-state index in [0.717, 1.165) is 35.2 Å². The van der Waals surface area contributed by atoms with Gasteiger partial charge in [-0.2, -0.15) is 0 Å². The molecular formula is C22H28N2O4. The first-order chi connectivity index (χ1) is 13.5. The number of anilines is 1. The van der Waals surface area contributed by atoms with Crippen molar-refractivity contribution in [2.75, 3.05) is 19.5 Å². The standard InChI is InChI=1S/C22H28N2O4/c1-5-16-8-7-9-17(6-2)22(16)24-21(26)13-20(25)23-14-15-10-11-18(27-3)19(12-15)28-4/h7-12H,5-6,13-14H2,1-4H3,(H,23,25)(H,24,26). The van der Waals surface area contributed by atoms with E-state index in [1.807, 2.05) is 38.1 Å². The lowest BCUT2D eigenvalue weighted by Gasteiger charge is -2.14. The highest BCUT2D eigenvalue weighted by atomic mass is 16.5. The maximum Gasteiger partial charge on any atom is 0.233 e. The van der Waals surface area contributed by atoms with Gasteiger partial charge in [-0.05, 0) is 41.7 Å². The molecule has 0 saturated heterocycles. The summed E-state index contributed by atoms with van der Waals surface area (Å²) in [6.45, 7) is 4.39. The van der Waals surface area contributed by atoms with Crippen LogP contribution in [0.2, 0.25) is 0 Å². The summed E-state index contributed by atoms with van der Waals surface area (Å²) in [4.78, 5) is 24.5. The third-order valence-corrected chi connectivity index (χ3v) is 4.52. The third kappa shape index (κ3) is 5.49. The summed E-state index contributed by atoms with van der Waals surface area (Å²) in [5.74, 6) is 0.563. The smallest absolute Gasteiger partial charge is 0.233 e. The second-order valence-electron chi connectivity index (χ2n) is 6.35. The van der Waals surface area contributed by atoms with E-state index >= 15 is 0 Å². The van der Waals surface area contributed by atoms with E-state index in [-0.39, 0.29) is 18.2 Å². The summed E-state index contributed by atoms with van der Waals surface area (Å²) in [5.41, 5.74) is 3.82. The Morgan fingerprint density at radius 3 is 2.11 bits per heavy atom. The second kappa shape index (κ2) is 10.3. The molecule has 0 unspecified atom stereocenters. The molecule has 0 radical (unpaired) electrons. The lowest BCUT2D eigenvalue weighted by molar-refractivity contribution is -0.126. The van der Waals surface area contributed by atoms with E-state index in [0.29, 0.717) is 18.0 Å². The van der Waals surface area contributed by atoms with E-state index in [4.69, 9.17) is 9.47 Å². The van der Waals surface area contributed by atoms with Gasteiger partial charge in [0, 0.05) is 12.2 Å². The van der Waals surface area contributed by atoms with Crippen molar-refractivity contribution < 1.29 is 19.1 Å². The fourth-order valence-electron chi connectivity index (χ4n) is 2.99. The highest BCUT2D eigenvalue weighted by molar-refractivity contribution is 6.04. The zero-order valence-corrected chi connectivity index (χ0v) is 16.9. The van der Waals surface area contributed by atoms with Crippen LogP contribution < -0.4 is 20.1 Å². The number of carbonyl (C=O) groups excluding carboxylic acids is 2. The van der Waals surface area contributed by atoms with Crippen LogP contribution >= 0.6 is 0 Å². The Bertz CT molecular complexity index is 811. The molecule has 6 nitrogen and oxygen atoms in total. The molecule has 2 rings (SSSR count). The normalized spacial score (nSPS) is 10.3. The third-order valence-electron chi connectivity index (χ3n) is 4.52. The minimum atomic E-state index is -0.334. The first-order valence-corrected chi connectivity index (χ1v) is 9.40. The Balaban J connectivity index is 1.94. The predicted octanol–water partition coefficient (Wildman–Crippen LogP) is 3.47. The van der Waals surface area contributed by atoms with Gasteiger partial charge in [0.1, 0.15) is 6.42 Å². The van der Waals surface area contributed by atoms with Crippen molar-refractivity contribution >= 4 is 17.5 Å². The number of hydrogen-bond donors (Lipinski definition) is 2. The molecule has 2 amide bonds. The second-order valence-corrected chi connectivity index (χ2v) is 6.35. The van der Waals surface area contributed by atoms with Gasteiger partial charge in [0.25, 0.3) is 0 Å². The van der Waals surface area contributed by atoms with Gasteiger partial charge in [0.2, 0.25) is 11.8 Å². The van der Waals surface area contributed by atoms with Crippen molar-refractivity contribution in [2.45, 2.75) is 39.7 Å². The van der Waals surface area contributed by atoms with Crippen LogP contribution in [-0.2, 0) is 29.0 Å². The molecule has 2 aromatic rings. The molecule has 0 aliphatic carbocycles. The van der Waals surface area contributed by atoms with Gasteiger partial charge < -0.3 is 20.1 Å². The molecule has 6 heteroatoms. The maximum absolute atomic E-state index is 12.3. The molecule has 150 valence electrons. The number of rotatable bonds is 9. The quantitative estimate of drug-likeness (QED) is 0.649. The van der Waals surface area contributed by atoms with Crippen molar-refractivity contribution in [3.05, 3.63) is 53.1 Å². The van der Waals surface area contributed by atoms with Gasteiger partial charge >= 0.3 is 0 Å². The average molecular weight is 384 g/mol. The van der Waals surface area contributed by atoms with Crippen molar-refractivity contribution in [3.8, 4) is 11.5 Å². The zero-order valence-electron chi connectivity index (χ0n) is 16.9. The lowest BCUT2D eigenvalue weighted by Crippen LogP contribution is -2.28. The largest absolute Gasteiger partial charge is 0.493 e. The molecule has 0 spiro atoms. The van der Waals surface area contributed by atoms with Gasteiger partial charge in [0.05, 0.1) is 14.2 Å².